The molecule has 0 aliphatic heterocycles. The molecule has 0 unspecified atom stereocenters. The van der Waals surface area contributed by atoms with Crippen LogP contribution in [-0.4, -0.2) is 32.6 Å². The summed E-state index contributed by atoms with van der Waals surface area (Å²) in [5.41, 5.74) is 1.64. The Morgan fingerprint density at radius 3 is 2.62 bits per heavy atom. The Morgan fingerprint density at radius 2 is 2.00 bits per heavy atom. The van der Waals surface area contributed by atoms with Crippen LogP contribution in [0, 0.1) is 19.7 Å². The maximum atomic E-state index is 15.8. The lowest BCUT2D eigenvalue weighted by Crippen LogP contribution is -2.19. The van der Waals surface area contributed by atoms with E-state index in [-0.39, 0.29) is 33.2 Å². The summed E-state index contributed by atoms with van der Waals surface area (Å²) in [5.74, 6) is -0.960. The molecular formula is C24H26FN5O3S. The summed E-state index contributed by atoms with van der Waals surface area (Å²) < 4.78 is 17.2. The number of pyridine rings is 2. The SMILES string of the molecule is CNC(=O)c1cc2c(-c3sc(C(C)(C)O)c(F)c3Nc3c(C)ccnc3C)cn(C)c(=O)c2[nH]1. The molecule has 0 aliphatic rings. The van der Waals surface area contributed by atoms with E-state index in [0.717, 1.165) is 16.9 Å². The molecule has 10 heteroatoms. The standard InChI is InChI=1S/C24H26FN5O3S/c1-11-7-8-27-12(2)17(11)29-19-16(25)21(24(3,4)33)34-20(19)14-10-30(6)23(32)18-13(14)9-15(28-18)22(31)26-5/h7-10,28-29,33H,1-6H3,(H,26,31). The summed E-state index contributed by atoms with van der Waals surface area (Å²) in [7, 11) is 3.09. The number of thiophene rings is 1. The van der Waals surface area contributed by atoms with Crippen LogP contribution in [0.1, 0.15) is 40.5 Å². The Hall–Kier alpha value is -3.50. The van der Waals surface area contributed by atoms with Gasteiger partial charge in [0.15, 0.2) is 5.82 Å². The summed E-state index contributed by atoms with van der Waals surface area (Å²) in [6.07, 6.45) is 3.29. The highest BCUT2D eigenvalue weighted by Crippen LogP contribution is 2.47. The minimum Gasteiger partial charge on any atom is -0.385 e. The highest BCUT2D eigenvalue weighted by Gasteiger charge is 2.31. The lowest BCUT2D eigenvalue weighted by Gasteiger charge is -2.15. The topological polar surface area (TPSA) is 112 Å². The van der Waals surface area contributed by atoms with E-state index in [1.807, 2.05) is 19.9 Å². The first-order chi connectivity index (χ1) is 15.9. The molecule has 178 valence electrons. The molecule has 1 amide bonds. The minimum atomic E-state index is -1.44. The molecule has 4 aromatic heterocycles. The second-order valence-corrected chi connectivity index (χ2v) is 9.75. The fourth-order valence-electron chi connectivity index (χ4n) is 3.89. The highest BCUT2D eigenvalue weighted by atomic mass is 32.1. The van der Waals surface area contributed by atoms with Gasteiger partial charge < -0.3 is 25.3 Å². The van der Waals surface area contributed by atoms with Gasteiger partial charge in [0.1, 0.15) is 11.2 Å². The molecule has 0 fully saturated rings. The van der Waals surface area contributed by atoms with Crippen LogP contribution < -0.4 is 16.2 Å². The first-order valence-electron chi connectivity index (χ1n) is 10.6. The average Bonchev–Trinajstić information content (AvgIpc) is 3.35. The number of nitrogens with one attached hydrogen (secondary N) is 3. The van der Waals surface area contributed by atoms with Crippen LogP contribution >= 0.6 is 11.3 Å². The molecule has 0 radical (unpaired) electrons. The fraction of sp³-hybridized carbons (Fsp3) is 0.292. The third-order valence-corrected chi connectivity index (χ3v) is 7.20. The lowest BCUT2D eigenvalue weighted by atomic mass is 10.1. The van der Waals surface area contributed by atoms with Gasteiger partial charge in [-0.1, -0.05) is 0 Å². The Balaban J connectivity index is 2.05. The van der Waals surface area contributed by atoms with Crippen LogP contribution in [0.5, 0.6) is 0 Å². The number of fused-ring (bicyclic) bond motifs is 1. The van der Waals surface area contributed by atoms with Crippen LogP contribution in [0.15, 0.2) is 29.3 Å². The summed E-state index contributed by atoms with van der Waals surface area (Å²) in [6.45, 7) is 6.76. The third kappa shape index (κ3) is 3.88. The van der Waals surface area contributed by atoms with Crippen molar-refractivity contribution in [2.75, 3.05) is 12.4 Å². The minimum absolute atomic E-state index is 0.147. The van der Waals surface area contributed by atoms with E-state index in [9.17, 15) is 14.7 Å². The summed E-state index contributed by atoms with van der Waals surface area (Å²) in [6, 6.07) is 3.40. The Bertz CT molecular complexity index is 1470. The number of hydrogen-bond donors (Lipinski definition) is 4. The van der Waals surface area contributed by atoms with Gasteiger partial charge in [-0.25, -0.2) is 4.39 Å². The van der Waals surface area contributed by atoms with Crippen LogP contribution in [0.3, 0.4) is 0 Å². The van der Waals surface area contributed by atoms with E-state index < -0.39 is 11.4 Å². The van der Waals surface area contributed by atoms with Crippen LogP contribution in [0.25, 0.3) is 21.3 Å². The number of H-pyrrole nitrogens is 1. The van der Waals surface area contributed by atoms with Gasteiger partial charge in [-0.3, -0.25) is 14.6 Å². The smallest absolute Gasteiger partial charge is 0.274 e. The quantitative estimate of drug-likeness (QED) is 0.342. The monoisotopic (exact) mass is 483 g/mol. The Labute approximate surface area is 199 Å². The number of halogens is 1. The van der Waals surface area contributed by atoms with E-state index in [4.69, 9.17) is 0 Å². The number of aliphatic hydroxyl groups is 1. The largest absolute Gasteiger partial charge is 0.385 e. The molecular weight excluding hydrogens is 457 g/mol. The highest BCUT2D eigenvalue weighted by molar-refractivity contribution is 7.16. The van der Waals surface area contributed by atoms with E-state index >= 15 is 4.39 Å². The van der Waals surface area contributed by atoms with Crippen molar-refractivity contribution in [1.82, 2.24) is 19.9 Å². The number of rotatable bonds is 5. The number of aromatic nitrogens is 3. The first-order valence-corrected chi connectivity index (χ1v) is 11.4. The molecule has 0 aromatic carbocycles. The van der Waals surface area contributed by atoms with Crippen LogP contribution in [0.2, 0.25) is 0 Å². The van der Waals surface area contributed by atoms with Gasteiger partial charge in [-0.2, -0.15) is 0 Å². The maximum Gasteiger partial charge on any atom is 0.274 e. The number of aryl methyl sites for hydroxylation is 3. The first kappa shape index (κ1) is 23.7. The number of amides is 1. The van der Waals surface area contributed by atoms with Crippen molar-refractivity contribution in [2.24, 2.45) is 7.05 Å². The normalized spacial score (nSPS) is 11.8. The number of carbonyl (C=O) groups is 1. The molecule has 0 saturated heterocycles. The molecule has 0 saturated carbocycles. The second kappa shape index (κ2) is 8.37. The van der Waals surface area contributed by atoms with Crippen molar-refractivity contribution in [3.8, 4) is 10.4 Å². The number of carbonyl (C=O) groups excluding carboxylic acids is 1. The molecule has 0 spiro atoms. The number of anilines is 2. The number of nitrogens with zero attached hydrogens (tertiary/aromatic N) is 2. The maximum absolute atomic E-state index is 15.8. The summed E-state index contributed by atoms with van der Waals surface area (Å²) >= 11 is 1.09. The van der Waals surface area contributed by atoms with Crippen LogP contribution in [0.4, 0.5) is 15.8 Å². The lowest BCUT2D eigenvalue weighted by molar-refractivity contribution is 0.0789. The van der Waals surface area contributed by atoms with Crippen molar-refractivity contribution < 1.29 is 14.3 Å². The second-order valence-electron chi connectivity index (χ2n) is 8.73. The zero-order valence-corrected chi connectivity index (χ0v) is 20.6. The Kier molecular flexibility index (Phi) is 5.82. The van der Waals surface area contributed by atoms with Gasteiger partial charge in [-0.15, -0.1) is 11.3 Å². The van der Waals surface area contributed by atoms with Gasteiger partial charge in [0.05, 0.1) is 32.4 Å². The summed E-state index contributed by atoms with van der Waals surface area (Å²) in [4.78, 5) is 32.9. The van der Waals surface area contributed by atoms with Crippen molar-refractivity contribution in [1.29, 1.82) is 0 Å². The van der Waals surface area contributed by atoms with E-state index in [0.29, 0.717) is 27.2 Å². The van der Waals surface area contributed by atoms with Crippen molar-refractivity contribution >= 4 is 39.5 Å². The summed E-state index contributed by atoms with van der Waals surface area (Å²) in [5, 5.41) is 16.9. The van der Waals surface area contributed by atoms with Gasteiger partial charge in [0.2, 0.25) is 0 Å². The number of aromatic amines is 1. The predicted octanol–water partition coefficient (Wildman–Crippen LogP) is 4.08. The van der Waals surface area contributed by atoms with E-state index in [1.54, 1.807) is 25.5 Å². The molecule has 0 bridgehead atoms. The zero-order chi connectivity index (χ0) is 24.9. The molecule has 0 aliphatic carbocycles. The molecule has 4 N–H and O–H groups in total. The molecule has 4 aromatic rings. The van der Waals surface area contributed by atoms with Gasteiger partial charge in [0.25, 0.3) is 11.5 Å². The average molecular weight is 484 g/mol. The third-order valence-electron chi connectivity index (χ3n) is 5.69. The molecule has 34 heavy (non-hydrogen) atoms. The van der Waals surface area contributed by atoms with Gasteiger partial charge in [0, 0.05) is 37.4 Å². The van der Waals surface area contributed by atoms with Gasteiger partial charge in [-0.05, 0) is 45.4 Å². The van der Waals surface area contributed by atoms with Crippen molar-refractivity contribution in [2.45, 2.75) is 33.3 Å². The molecule has 0 atom stereocenters. The molecule has 4 heterocycles. The van der Waals surface area contributed by atoms with Crippen molar-refractivity contribution in [3.63, 3.8) is 0 Å². The Morgan fingerprint density at radius 1 is 1.29 bits per heavy atom. The van der Waals surface area contributed by atoms with Crippen LogP contribution in [-0.2, 0) is 12.6 Å². The predicted molar refractivity (Wildman–Crippen MR) is 132 cm³/mol. The molecule has 8 nitrogen and oxygen atoms in total. The van der Waals surface area contributed by atoms with Crippen molar-refractivity contribution in [3.05, 3.63) is 62.5 Å². The zero-order valence-electron chi connectivity index (χ0n) is 19.8. The fourth-order valence-corrected chi connectivity index (χ4v) is 5.05. The molecule has 4 rings (SSSR count). The van der Waals surface area contributed by atoms with E-state index in [2.05, 4.69) is 20.6 Å². The van der Waals surface area contributed by atoms with Gasteiger partial charge >= 0.3 is 0 Å². The van der Waals surface area contributed by atoms with E-state index in [1.165, 1.54) is 25.5 Å². The number of hydrogen-bond acceptors (Lipinski definition) is 6.